The maximum absolute atomic E-state index is 12.2. The van der Waals surface area contributed by atoms with Gasteiger partial charge >= 0.3 is 0 Å². The van der Waals surface area contributed by atoms with Crippen LogP contribution in [0.4, 0.5) is 10.8 Å². The van der Waals surface area contributed by atoms with Crippen molar-refractivity contribution in [1.29, 1.82) is 5.26 Å². The SMILES string of the molecule is CC[C@H](C)CN(c1ccc(C#N)cc1)c1nc(C(=O)NS(C)(=O)=O)c(C)s1. The number of carbonyl (C=O) groups excluding carboxylic acids is 1. The predicted molar refractivity (Wildman–Crippen MR) is 107 cm³/mol. The number of hydrogen-bond donors (Lipinski definition) is 1. The smallest absolute Gasteiger partial charge is 0.284 e. The summed E-state index contributed by atoms with van der Waals surface area (Å²) in [6, 6.07) is 9.24. The van der Waals surface area contributed by atoms with Gasteiger partial charge in [0.05, 0.1) is 17.9 Å². The van der Waals surface area contributed by atoms with Crippen LogP contribution in [0.25, 0.3) is 0 Å². The van der Waals surface area contributed by atoms with E-state index < -0.39 is 15.9 Å². The van der Waals surface area contributed by atoms with Crippen molar-refractivity contribution >= 4 is 38.1 Å². The van der Waals surface area contributed by atoms with Crippen molar-refractivity contribution in [3.63, 3.8) is 0 Å². The molecule has 1 atom stereocenters. The molecule has 0 fully saturated rings. The number of rotatable bonds is 7. The normalized spacial score (nSPS) is 12.3. The highest BCUT2D eigenvalue weighted by molar-refractivity contribution is 7.89. The number of hydrogen-bond acceptors (Lipinski definition) is 7. The fraction of sp³-hybridized carbons (Fsp3) is 0.389. The maximum atomic E-state index is 12.2. The summed E-state index contributed by atoms with van der Waals surface area (Å²) < 4.78 is 24.6. The standard InChI is InChI=1S/C18H22N4O3S2/c1-5-12(2)11-22(15-8-6-14(10-19)7-9-15)18-20-16(13(3)26-18)17(23)21-27(4,24)25/h6-9,12H,5,11H2,1-4H3,(H,21,23)/t12-/m0/s1. The third kappa shape index (κ3) is 5.52. The van der Waals surface area contributed by atoms with Crippen molar-refractivity contribution in [2.24, 2.45) is 5.92 Å². The number of carbonyl (C=O) groups is 1. The van der Waals surface area contributed by atoms with Gasteiger partial charge in [0.2, 0.25) is 10.0 Å². The van der Waals surface area contributed by atoms with Crippen molar-refractivity contribution in [2.45, 2.75) is 27.2 Å². The maximum Gasteiger partial charge on any atom is 0.284 e. The first-order valence-corrected chi connectivity index (χ1v) is 11.1. The van der Waals surface area contributed by atoms with Gasteiger partial charge < -0.3 is 4.90 Å². The summed E-state index contributed by atoms with van der Waals surface area (Å²) in [5.41, 5.74) is 1.52. The van der Waals surface area contributed by atoms with Gasteiger partial charge in [-0.15, -0.1) is 11.3 Å². The van der Waals surface area contributed by atoms with E-state index in [1.807, 2.05) is 21.8 Å². The van der Waals surface area contributed by atoms with Gasteiger partial charge in [0, 0.05) is 17.1 Å². The first-order valence-electron chi connectivity index (χ1n) is 8.41. The summed E-state index contributed by atoms with van der Waals surface area (Å²) in [6.07, 6.45) is 1.90. The molecule has 0 spiro atoms. The van der Waals surface area contributed by atoms with Crippen molar-refractivity contribution in [3.8, 4) is 6.07 Å². The minimum Gasteiger partial charge on any atom is -0.318 e. The number of thiazole rings is 1. The van der Waals surface area contributed by atoms with Gasteiger partial charge in [-0.05, 0) is 37.1 Å². The van der Waals surface area contributed by atoms with Gasteiger partial charge in [-0.3, -0.25) is 4.79 Å². The molecule has 0 bridgehead atoms. The summed E-state index contributed by atoms with van der Waals surface area (Å²) in [7, 11) is -3.66. The molecule has 2 aromatic rings. The largest absolute Gasteiger partial charge is 0.318 e. The molecule has 2 rings (SSSR count). The molecule has 0 radical (unpaired) electrons. The average Bonchev–Trinajstić information content (AvgIpc) is 2.99. The van der Waals surface area contributed by atoms with Crippen LogP contribution in [0.1, 0.15) is 41.2 Å². The highest BCUT2D eigenvalue weighted by atomic mass is 32.2. The molecule has 27 heavy (non-hydrogen) atoms. The molecule has 0 unspecified atom stereocenters. The van der Waals surface area contributed by atoms with Crippen LogP contribution >= 0.6 is 11.3 Å². The predicted octanol–water partition coefficient (Wildman–Crippen LogP) is 3.20. The minimum absolute atomic E-state index is 0.100. The molecule has 1 heterocycles. The number of benzene rings is 1. The zero-order valence-corrected chi connectivity index (χ0v) is 17.3. The van der Waals surface area contributed by atoms with E-state index in [9.17, 15) is 13.2 Å². The van der Waals surface area contributed by atoms with Crippen molar-refractivity contribution in [2.75, 3.05) is 17.7 Å². The Labute approximate surface area is 163 Å². The van der Waals surface area contributed by atoms with Crippen LogP contribution in [0.3, 0.4) is 0 Å². The van der Waals surface area contributed by atoms with Gasteiger partial charge in [0.1, 0.15) is 5.69 Å². The van der Waals surface area contributed by atoms with Crippen molar-refractivity contribution in [3.05, 3.63) is 40.4 Å². The number of sulfonamides is 1. The van der Waals surface area contributed by atoms with Gasteiger partial charge in [0.25, 0.3) is 5.91 Å². The second-order valence-corrected chi connectivity index (χ2v) is 9.32. The number of nitriles is 1. The van der Waals surface area contributed by atoms with Gasteiger partial charge in [-0.25, -0.2) is 18.1 Å². The Balaban J connectivity index is 2.42. The van der Waals surface area contributed by atoms with Crippen LogP contribution in [-0.4, -0.2) is 32.1 Å². The van der Waals surface area contributed by atoms with E-state index in [1.54, 1.807) is 19.1 Å². The Bertz CT molecular complexity index is 959. The molecule has 0 aliphatic carbocycles. The highest BCUT2D eigenvalue weighted by Crippen LogP contribution is 2.32. The van der Waals surface area contributed by atoms with Gasteiger partial charge in [0.15, 0.2) is 5.13 Å². The highest BCUT2D eigenvalue weighted by Gasteiger charge is 2.22. The fourth-order valence-electron chi connectivity index (χ4n) is 2.38. The Hall–Kier alpha value is -2.44. The lowest BCUT2D eigenvalue weighted by Gasteiger charge is -2.25. The average molecular weight is 407 g/mol. The molecule has 1 aromatic heterocycles. The van der Waals surface area contributed by atoms with Crippen molar-refractivity contribution < 1.29 is 13.2 Å². The lowest BCUT2D eigenvalue weighted by atomic mass is 10.1. The Kier molecular flexibility index (Phi) is 6.57. The Morgan fingerprint density at radius 2 is 2.00 bits per heavy atom. The molecule has 7 nitrogen and oxygen atoms in total. The summed E-state index contributed by atoms with van der Waals surface area (Å²) >= 11 is 1.33. The molecule has 1 amide bonds. The monoisotopic (exact) mass is 406 g/mol. The van der Waals surface area contributed by atoms with Crippen LogP contribution in [0.15, 0.2) is 24.3 Å². The van der Waals surface area contributed by atoms with E-state index in [4.69, 9.17) is 5.26 Å². The van der Waals surface area contributed by atoms with Gasteiger partial charge in [-0.2, -0.15) is 5.26 Å². The fourth-order valence-corrected chi connectivity index (χ4v) is 3.75. The first-order chi connectivity index (χ1) is 12.6. The Morgan fingerprint density at radius 1 is 1.37 bits per heavy atom. The van der Waals surface area contributed by atoms with Crippen LogP contribution in [0.5, 0.6) is 0 Å². The van der Waals surface area contributed by atoms with E-state index in [1.165, 1.54) is 11.3 Å². The van der Waals surface area contributed by atoms with E-state index in [2.05, 4.69) is 24.9 Å². The minimum atomic E-state index is -3.66. The van der Waals surface area contributed by atoms with Crippen LogP contribution in [0.2, 0.25) is 0 Å². The van der Waals surface area contributed by atoms with Crippen LogP contribution < -0.4 is 9.62 Å². The summed E-state index contributed by atoms with van der Waals surface area (Å²) in [4.78, 5) is 19.2. The first kappa shape index (κ1) is 20.9. The number of anilines is 2. The van der Waals surface area contributed by atoms with Crippen molar-refractivity contribution in [1.82, 2.24) is 9.71 Å². The zero-order valence-electron chi connectivity index (χ0n) is 15.7. The molecule has 1 aromatic carbocycles. The molecule has 0 saturated heterocycles. The molecule has 0 saturated carbocycles. The molecule has 0 aliphatic heterocycles. The molecular formula is C18H22N4O3S2. The number of nitrogens with zero attached hydrogens (tertiary/aromatic N) is 3. The van der Waals surface area contributed by atoms with E-state index >= 15 is 0 Å². The van der Waals surface area contributed by atoms with Crippen LogP contribution in [-0.2, 0) is 10.0 Å². The number of aryl methyl sites for hydroxylation is 1. The second-order valence-electron chi connectivity index (χ2n) is 6.39. The van der Waals surface area contributed by atoms with E-state index in [-0.39, 0.29) is 5.69 Å². The second kappa shape index (κ2) is 8.50. The van der Waals surface area contributed by atoms with E-state index in [0.29, 0.717) is 28.0 Å². The van der Waals surface area contributed by atoms with Gasteiger partial charge in [-0.1, -0.05) is 20.3 Å². The third-order valence-electron chi connectivity index (χ3n) is 4.01. The summed E-state index contributed by atoms with van der Waals surface area (Å²) in [5.74, 6) is -0.362. The van der Waals surface area contributed by atoms with E-state index in [0.717, 1.165) is 18.4 Å². The number of nitrogens with one attached hydrogen (secondary N) is 1. The van der Waals surface area contributed by atoms with Crippen LogP contribution in [0, 0.1) is 24.2 Å². The summed E-state index contributed by atoms with van der Waals surface area (Å²) in [6.45, 7) is 6.63. The molecule has 0 aliphatic rings. The lowest BCUT2D eigenvalue weighted by molar-refractivity contribution is 0.0977. The summed E-state index contributed by atoms with van der Waals surface area (Å²) in [5, 5.41) is 9.60. The molecule has 9 heteroatoms. The molecule has 144 valence electrons. The number of aromatic nitrogens is 1. The Morgan fingerprint density at radius 3 is 2.52 bits per heavy atom. The lowest BCUT2D eigenvalue weighted by Crippen LogP contribution is -2.30. The zero-order chi connectivity index (χ0) is 20.2. The third-order valence-corrected chi connectivity index (χ3v) is 5.56. The number of amides is 1. The quantitative estimate of drug-likeness (QED) is 0.757. The molecule has 1 N–H and O–H groups in total. The molecular weight excluding hydrogens is 384 g/mol. The topological polar surface area (TPSA) is 103 Å².